The summed E-state index contributed by atoms with van der Waals surface area (Å²) >= 11 is 0. The van der Waals surface area contributed by atoms with E-state index in [1.54, 1.807) is 0 Å². The van der Waals surface area contributed by atoms with Crippen molar-refractivity contribution < 1.29 is 14.3 Å². The minimum Gasteiger partial charge on any atom is -0.466 e. The molecule has 0 fully saturated rings. The van der Waals surface area contributed by atoms with Crippen LogP contribution in [0.4, 0.5) is 0 Å². The van der Waals surface area contributed by atoms with Gasteiger partial charge in [0.15, 0.2) is 0 Å². The zero-order valence-electron chi connectivity index (χ0n) is 22.4. The SMILES string of the molecule is CCCCCCCCCCCCCCNC(=O)CCCC(=O)OCCCCCCCCCC. The van der Waals surface area contributed by atoms with Crippen molar-refractivity contribution in [3.63, 3.8) is 0 Å². The second-order valence-electron chi connectivity index (χ2n) is 9.79. The van der Waals surface area contributed by atoms with Gasteiger partial charge in [-0.2, -0.15) is 0 Å². The lowest BCUT2D eigenvalue weighted by Gasteiger charge is -2.07. The Labute approximate surface area is 206 Å². The zero-order chi connectivity index (χ0) is 24.2. The van der Waals surface area contributed by atoms with E-state index in [1.165, 1.54) is 109 Å². The van der Waals surface area contributed by atoms with Gasteiger partial charge in [0, 0.05) is 19.4 Å². The Bertz CT molecular complexity index is 425. The van der Waals surface area contributed by atoms with Gasteiger partial charge >= 0.3 is 5.97 Å². The van der Waals surface area contributed by atoms with Gasteiger partial charge in [-0.15, -0.1) is 0 Å². The summed E-state index contributed by atoms with van der Waals surface area (Å²) in [5, 5.41) is 2.99. The lowest BCUT2D eigenvalue weighted by atomic mass is 10.1. The van der Waals surface area contributed by atoms with Crippen LogP contribution in [0.3, 0.4) is 0 Å². The molecule has 0 heterocycles. The van der Waals surface area contributed by atoms with Gasteiger partial charge < -0.3 is 10.1 Å². The van der Waals surface area contributed by atoms with Crippen molar-refractivity contribution in [2.75, 3.05) is 13.2 Å². The molecule has 1 amide bonds. The molecule has 0 saturated carbocycles. The highest BCUT2D eigenvalue weighted by atomic mass is 16.5. The Kier molecular flexibility index (Phi) is 26.3. The van der Waals surface area contributed by atoms with Crippen LogP contribution >= 0.6 is 0 Å². The van der Waals surface area contributed by atoms with Gasteiger partial charge in [-0.1, -0.05) is 129 Å². The molecule has 4 nitrogen and oxygen atoms in total. The number of unbranched alkanes of at least 4 members (excludes halogenated alkanes) is 18. The first-order valence-electron chi connectivity index (χ1n) is 14.6. The Morgan fingerprint density at radius 1 is 0.515 bits per heavy atom. The number of nitrogens with one attached hydrogen (secondary N) is 1. The third-order valence-electron chi connectivity index (χ3n) is 6.40. The fourth-order valence-electron chi connectivity index (χ4n) is 4.17. The van der Waals surface area contributed by atoms with E-state index in [0.717, 1.165) is 25.8 Å². The second kappa shape index (κ2) is 27.2. The average molecular weight is 468 g/mol. The number of esters is 1. The van der Waals surface area contributed by atoms with E-state index in [4.69, 9.17) is 4.74 Å². The van der Waals surface area contributed by atoms with Gasteiger partial charge in [0.1, 0.15) is 0 Å². The molecule has 33 heavy (non-hydrogen) atoms. The zero-order valence-corrected chi connectivity index (χ0v) is 22.4. The van der Waals surface area contributed by atoms with Gasteiger partial charge in [0.25, 0.3) is 0 Å². The number of amides is 1. The average Bonchev–Trinajstić information content (AvgIpc) is 2.81. The number of hydrogen-bond donors (Lipinski definition) is 1. The van der Waals surface area contributed by atoms with Crippen molar-refractivity contribution in [1.29, 1.82) is 0 Å². The maximum absolute atomic E-state index is 11.9. The predicted molar refractivity (Wildman–Crippen MR) is 142 cm³/mol. The van der Waals surface area contributed by atoms with Crippen LogP contribution in [0.2, 0.25) is 0 Å². The summed E-state index contributed by atoms with van der Waals surface area (Å²) in [6.07, 6.45) is 27.2. The summed E-state index contributed by atoms with van der Waals surface area (Å²) in [5.74, 6) is -0.0966. The van der Waals surface area contributed by atoms with Crippen LogP contribution in [0.1, 0.15) is 162 Å². The number of hydrogen-bond acceptors (Lipinski definition) is 3. The molecule has 0 aromatic carbocycles. The van der Waals surface area contributed by atoms with Gasteiger partial charge in [-0.3, -0.25) is 9.59 Å². The molecule has 0 aromatic rings. The van der Waals surface area contributed by atoms with Gasteiger partial charge in [-0.25, -0.2) is 0 Å². The second-order valence-corrected chi connectivity index (χ2v) is 9.79. The standard InChI is InChI=1S/C29H57NO3/c1-3-5-7-9-11-13-14-15-16-17-19-21-26-30-28(31)24-23-25-29(32)33-27-22-20-18-12-10-8-6-4-2/h3-27H2,1-2H3,(H,30,31). The first-order valence-corrected chi connectivity index (χ1v) is 14.6. The quantitative estimate of drug-likeness (QED) is 0.102. The summed E-state index contributed by atoms with van der Waals surface area (Å²) in [4.78, 5) is 23.7. The minimum atomic E-state index is -0.160. The maximum Gasteiger partial charge on any atom is 0.305 e. The molecule has 0 aliphatic carbocycles. The highest BCUT2D eigenvalue weighted by Gasteiger charge is 2.06. The molecule has 0 bridgehead atoms. The van der Waals surface area contributed by atoms with Crippen LogP contribution in [0.15, 0.2) is 0 Å². The van der Waals surface area contributed by atoms with Gasteiger partial charge in [-0.05, 0) is 19.3 Å². The molecule has 0 unspecified atom stereocenters. The molecule has 0 aliphatic rings. The molecule has 0 aliphatic heterocycles. The van der Waals surface area contributed by atoms with E-state index in [0.29, 0.717) is 25.9 Å². The summed E-state index contributed by atoms with van der Waals surface area (Å²) in [6, 6.07) is 0. The van der Waals surface area contributed by atoms with E-state index >= 15 is 0 Å². The largest absolute Gasteiger partial charge is 0.466 e. The van der Waals surface area contributed by atoms with E-state index < -0.39 is 0 Å². The van der Waals surface area contributed by atoms with E-state index in [1.807, 2.05) is 0 Å². The Morgan fingerprint density at radius 3 is 1.42 bits per heavy atom. The normalized spacial score (nSPS) is 11.0. The highest BCUT2D eigenvalue weighted by molar-refractivity contribution is 5.76. The van der Waals surface area contributed by atoms with Crippen LogP contribution in [0.5, 0.6) is 0 Å². The molecule has 0 aromatic heterocycles. The van der Waals surface area contributed by atoms with Crippen molar-refractivity contribution in [3.05, 3.63) is 0 Å². The van der Waals surface area contributed by atoms with E-state index in [2.05, 4.69) is 19.2 Å². The fourth-order valence-corrected chi connectivity index (χ4v) is 4.17. The Morgan fingerprint density at radius 2 is 0.939 bits per heavy atom. The summed E-state index contributed by atoms with van der Waals surface area (Å²) in [6.45, 7) is 5.79. The first kappa shape index (κ1) is 31.9. The number of carbonyl (C=O) groups is 2. The van der Waals surface area contributed by atoms with Crippen molar-refractivity contribution >= 4 is 11.9 Å². The number of rotatable bonds is 26. The number of carbonyl (C=O) groups excluding carboxylic acids is 2. The highest BCUT2D eigenvalue weighted by Crippen LogP contribution is 2.12. The maximum atomic E-state index is 11.9. The van der Waals surface area contributed by atoms with Crippen molar-refractivity contribution in [2.45, 2.75) is 162 Å². The first-order chi connectivity index (χ1) is 16.2. The van der Waals surface area contributed by atoms with E-state index in [9.17, 15) is 9.59 Å². The molecule has 196 valence electrons. The van der Waals surface area contributed by atoms with Crippen molar-refractivity contribution in [2.24, 2.45) is 0 Å². The lowest BCUT2D eigenvalue weighted by Crippen LogP contribution is -2.24. The van der Waals surface area contributed by atoms with Crippen molar-refractivity contribution in [3.8, 4) is 0 Å². The van der Waals surface area contributed by atoms with Crippen LogP contribution in [-0.2, 0) is 14.3 Å². The third-order valence-corrected chi connectivity index (χ3v) is 6.40. The predicted octanol–water partition coefficient (Wildman–Crippen LogP) is 8.66. The van der Waals surface area contributed by atoms with Crippen LogP contribution in [-0.4, -0.2) is 25.0 Å². The van der Waals surface area contributed by atoms with Gasteiger partial charge in [0.05, 0.1) is 6.61 Å². The minimum absolute atomic E-state index is 0.0638. The molecule has 0 spiro atoms. The molecule has 4 heteroatoms. The van der Waals surface area contributed by atoms with Crippen molar-refractivity contribution in [1.82, 2.24) is 5.32 Å². The topological polar surface area (TPSA) is 55.4 Å². The fraction of sp³-hybridized carbons (Fsp3) is 0.931. The molecule has 0 atom stereocenters. The molecule has 0 radical (unpaired) electrons. The summed E-state index contributed by atoms with van der Waals surface area (Å²) < 4.78 is 5.28. The molecule has 0 saturated heterocycles. The molecule has 1 N–H and O–H groups in total. The lowest BCUT2D eigenvalue weighted by molar-refractivity contribution is -0.143. The molecular weight excluding hydrogens is 410 g/mol. The monoisotopic (exact) mass is 467 g/mol. The number of ether oxygens (including phenoxy) is 1. The smallest absolute Gasteiger partial charge is 0.305 e. The summed E-state index contributed by atoms with van der Waals surface area (Å²) in [7, 11) is 0. The van der Waals surface area contributed by atoms with Crippen LogP contribution in [0, 0.1) is 0 Å². The summed E-state index contributed by atoms with van der Waals surface area (Å²) in [5.41, 5.74) is 0. The third kappa shape index (κ3) is 27.1. The van der Waals surface area contributed by atoms with Crippen LogP contribution < -0.4 is 5.32 Å². The molecular formula is C29H57NO3. The van der Waals surface area contributed by atoms with Gasteiger partial charge in [0.2, 0.25) is 5.91 Å². The van der Waals surface area contributed by atoms with E-state index in [-0.39, 0.29) is 11.9 Å². The molecule has 0 rings (SSSR count). The Balaban J connectivity index is 3.28. The Hall–Kier alpha value is -1.06. The van der Waals surface area contributed by atoms with Crippen LogP contribution in [0.25, 0.3) is 0 Å².